The first-order chi connectivity index (χ1) is 14.4. The Morgan fingerprint density at radius 1 is 1.13 bits per heavy atom. The lowest BCUT2D eigenvalue weighted by atomic mass is 10.0. The first-order valence-corrected chi connectivity index (χ1v) is 11.4. The summed E-state index contributed by atoms with van der Waals surface area (Å²) in [5.41, 5.74) is 2.89. The van der Waals surface area contributed by atoms with Gasteiger partial charge in [0.15, 0.2) is 11.5 Å². The van der Waals surface area contributed by atoms with Crippen molar-refractivity contribution in [3.63, 3.8) is 0 Å². The molecule has 0 saturated carbocycles. The Kier molecular flexibility index (Phi) is 8.06. The van der Waals surface area contributed by atoms with Gasteiger partial charge in [0.2, 0.25) is 0 Å². The van der Waals surface area contributed by atoms with E-state index in [4.69, 9.17) is 32.7 Å². The van der Waals surface area contributed by atoms with Crippen LogP contribution in [0.15, 0.2) is 59.1 Å². The number of ether oxygens (including phenoxy) is 2. The summed E-state index contributed by atoms with van der Waals surface area (Å²) in [6, 6.07) is 19.0. The van der Waals surface area contributed by atoms with E-state index in [0.29, 0.717) is 39.3 Å². The molecule has 0 aliphatic carbocycles. The molecule has 152 valence electrons. The van der Waals surface area contributed by atoms with Crippen molar-refractivity contribution in [2.75, 3.05) is 7.11 Å². The van der Waals surface area contributed by atoms with E-state index in [0.717, 1.165) is 19.2 Å². The minimum Gasteiger partial charge on any atom is -0.493 e. The zero-order valence-corrected chi connectivity index (χ0v) is 21.0. The van der Waals surface area contributed by atoms with Crippen LogP contribution in [0.4, 0.5) is 0 Å². The molecule has 0 amide bonds. The predicted molar refractivity (Wildman–Crippen MR) is 134 cm³/mol. The van der Waals surface area contributed by atoms with E-state index in [2.05, 4.69) is 44.6 Å². The second-order valence-electron chi connectivity index (χ2n) is 6.24. The van der Waals surface area contributed by atoms with Gasteiger partial charge in [0.1, 0.15) is 6.61 Å². The van der Waals surface area contributed by atoms with Gasteiger partial charge in [0.25, 0.3) is 0 Å². The van der Waals surface area contributed by atoms with Crippen LogP contribution in [0.2, 0.25) is 10.0 Å². The Bertz CT molecular complexity index is 1140. The zero-order chi connectivity index (χ0) is 21.7. The molecule has 0 radical (unpaired) electrons. The normalized spacial score (nSPS) is 11.1. The third-order valence-corrected chi connectivity index (χ3v) is 6.08. The topological polar surface area (TPSA) is 42.2 Å². The van der Waals surface area contributed by atoms with Crippen LogP contribution in [-0.2, 0) is 6.61 Å². The van der Waals surface area contributed by atoms with E-state index in [1.165, 1.54) is 0 Å². The highest BCUT2D eigenvalue weighted by atomic mass is 127. The summed E-state index contributed by atoms with van der Waals surface area (Å²) < 4.78 is 13.4. The fourth-order valence-electron chi connectivity index (χ4n) is 2.74. The highest BCUT2D eigenvalue weighted by Gasteiger charge is 2.13. The van der Waals surface area contributed by atoms with Gasteiger partial charge in [-0.15, -0.1) is 0 Å². The van der Waals surface area contributed by atoms with Gasteiger partial charge < -0.3 is 9.47 Å². The van der Waals surface area contributed by atoms with E-state index in [9.17, 15) is 5.26 Å². The predicted octanol–water partition coefficient (Wildman–Crippen LogP) is 8.01. The summed E-state index contributed by atoms with van der Waals surface area (Å²) in [6.07, 6.45) is 1.76. The first-order valence-electron chi connectivity index (χ1n) is 8.73. The number of hydrogen-bond donors (Lipinski definition) is 0. The molecule has 3 nitrogen and oxygen atoms in total. The second-order valence-corrected chi connectivity index (χ2v) is 9.16. The third kappa shape index (κ3) is 5.70. The van der Waals surface area contributed by atoms with Gasteiger partial charge in [0.05, 0.1) is 27.3 Å². The molecular formula is C23H15BrCl2INO2. The van der Waals surface area contributed by atoms with Crippen LogP contribution in [0.25, 0.3) is 11.6 Å². The summed E-state index contributed by atoms with van der Waals surface area (Å²) in [4.78, 5) is 0. The Morgan fingerprint density at radius 3 is 2.50 bits per heavy atom. The molecule has 7 heteroatoms. The Labute approximate surface area is 207 Å². The van der Waals surface area contributed by atoms with Crippen molar-refractivity contribution in [2.45, 2.75) is 6.61 Å². The van der Waals surface area contributed by atoms with Gasteiger partial charge in [-0.2, -0.15) is 5.26 Å². The highest BCUT2D eigenvalue weighted by molar-refractivity contribution is 14.1. The number of allylic oxidation sites excluding steroid dienone is 1. The molecule has 0 spiro atoms. The SMILES string of the molecule is COc1cc(/C=C(\C#N)c2ccc(Cl)cc2Cl)cc(I)c1OCc1ccc(Br)cc1. The smallest absolute Gasteiger partial charge is 0.174 e. The van der Waals surface area contributed by atoms with Crippen molar-refractivity contribution in [3.05, 3.63) is 89.4 Å². The standard InChI is InChI=1S/C23H15BrCl2INO2/c1-29-22-10-15(8-16(12-28)19-7-6-18(25)11-20(19)26)9-21(27)23(22)30-13-14-2-4-17(24)5-3-14/h2-11H,13H2,1H3/b16-8+. The molecule has 0 atom stereocenters. The fraction of sp³-hybridized carbons (Fsp3) is 0.0870. The molecule has 0 fully saturated rings. The number of methoxy groups -OCH3 is 1. The average molecular weight is 615 g/mol. The maximum absolute atomic E-state index is 9.64. The van der Waals surface area contributed by atoms with Gasteiger partial charge in [-0.05, 0) is 76.2 Å². The number of hydrogen-bond acceptors (Lipinski definition) is 3. The van der Waals surface area contributed by atoms with Crippen LogP contribution in [-0.4, -0.2) is 7.11 Å². The van der Waals surface area contributed by atoms with E-state index < -0.39 is 0 Å². The zero-order valence-electron chi connectivity index (χ0n) is 15.8. The molecular weight excluding hydrogens is 600 g/mol. The maximum atomic E-state index is 9.64. The molecule has 30 heavy (non-hydrogen) atoms. The third-order valence-electron chi connectivity index (χ3n) is 4.20. The van der Waals surface area contributed by atoms with Crippen molar-refractivity contribution in [1.82, 2.24) is 0 Å². The van der Waals surface area contributed by atoms with Gasteiger partial charge in [-0.25, -0.2) is 0 Å². The number of benzene rings is 3. The summed E-state index contributed by atoms with van der Waals surface area (Å²) >= 11 is 17.9. The van der Waals surface area contributed by atoms with Gasteiger partial charge in [-0.3, -0.25) is 0 Å². The molecule has 0 N–H and O–H groups in total. The molecule has 3 aromatic carbocycles. The summed E-state index contributed by atoms with van der Waals surface area (Å²) in [5, 5.41) is 10.6. The molecule has 0 aromatic heterocycles. The lowest BCUT2D eigenvalue weighted by Gasteiger charge is -2.14. The summed E-state index contributed by atoms with van der Waals surface area (Å²) in [5.74, 6) is 1.24. The second kappa shape index (κ2) is 10.5. The fourth-order valence-corrected chi connectivity index (χ4v) is 4.30. The Morgan fingerprint density at radius 2 is 1.87 bits per heavy atom. The van der Waals surface area contributed by atoms with E-state index >= 15 is 0 Å². The monoisotopic (exact) mass is 613 g/mol. The number of halogens is 4. The lowest BCUT2D eigenvalue weighted by molar-refractivity contribution is 0.282. The molecule has 0 aliphatic rings. The Hall–Kier alpha value is -1.72. The Balaban J connectivity index is 1.91. The van der Waals surface area contributed by atoms with Crippen LogP contribution >= 0.6 is 61.7 Å². The molecule has 0 unspecified atom stereocenters. The minimum atomic E-state index is 0.415. The van der Waals surface area contributed by atoms with Crippen molar-refractivity contribution in [2.24, 2.45) is 0 Å². The van der Waals surface area contributed by atoms with Gasteiger partial charge in [0, 0.05) is 15.1 Å². The van der Waals surface area contributed by atoms with Gasteiger partial charge >= 0.3 is 0 Å². The van der Waals surface area contributed by atoms with Crippen LogP contribution in [0.5, 0.6) is 11.5 Å². The van der Waals surface area contributed by atoms with Crippen molar-refractivity contribution in [3.8, 4) is 17.6 Å². The molecule has 0 aliphatic heterocycles. The van der Waals surface area contributed by atoms with E-state index in [-0.39, 0.29) is 0 Å². The van der Waals surface area contributed by atoms with E-state index in [1.54, 1.807) is 31.4 Å². The van der Waals surface area contributed by atoms with Crippen LogP contribution in [0.1, 0.15) is 16.7 Å². The summed E-state index contributed by atoms with van der Waals surface area (Å²) in [7, 11) is 1.59. The van der Waals surface area contributed by atoms with Crippen LogP contribution in [0.3, 0.4) is 0 Å². The van der Waals surface area contributed by atoms with Gasteiger partial charge in [-0.1, -0.05) is 57.3 Å². The molecule has 3 rings (SSSR count). The molecule has 0 saturated heterocycles. The molecule has 0 heterocycles. The largest absolute Gasteiger partial charge is 0.493 e. The number of rotatable bonds is 6. The lowest BCUT2D eigenvalue weighted by Crippen LogP contribution is -2.00. The van der Waals surface area contributed by atoms with E-state index in [1.807, 2.05) is 36.4 Å². The van der Waals surface area contributed by atoms with Crippen LogP contribution in [0, 0.1) is 14.9 Å². The summed E-state index contributed by atoms with van der Waals surface area (Å²) in [6.45, 7) is 0.415. The van der Waals surface area contributed by atoms with Crippen molar-refractivity contribution in [1.29, 1.82) is 5.26 Å². The molecule has 0 bridgehead atoms. The quantitative estimate of drug-likeness (QED) is 0.160. The number of nitrogens with zero attached hydrogens (tertiary/aromatic N) is 1. The van der Waals surface area contributed by atoms with Crippen molar-refractivity contribution < 1.29 is 9.47 Å². The first kappa shape index (κ1) is 23.0. The van der Waals surface area contributed by atoms with Crippen LogP contribution < -0.4 is 9.47 Å². The highest BCUT2D eigenvalue weighted by Crippen LogP contribution is 2.36. The number of nitriles is 1. The average Bonchev–Trinajstić information content (AvgIpc) is 2.72. The molecule has 3 aromatic rings. The maximum Gasteiger partial charge on any atom is 0.174 e. The minimum absolute atomic E-state index is 0.415. The van der Waals surface area contributed by atoms with Crippen molar-refractivity contribution >= 4 is 73.4 Å².